The van der Waals surface area contributed by atoms with E-state index in [-0.39, 0.29) is 5.92 Å². The maximum absolute atomic E-state index is 5.77. The van der Waals surface area contributed by atoms with Crippen molar-refractivity contribution < 1.29 is 4.74 Å². The molecule has 2 N–H and O–H groups in total. The minimum atomic E-state index is 0.211. The summed E-state index contributed by atoms with van der Waals surface area (Å²) in [6.45, 7) is 9.32. The minimum absolute atomic E-state index is 0.211. The predicted molar refractivity (Wildman–Crippen MR) is 86.0 cm³/mol. The van der Waals surface area contributed by atoms with Gasteiger partial charge in [-0.2, -0.15) is 0 Å². The van der Waals surface area contributed by atoms with Gasteiger partial charge >= 0.3 is 0 Å². The van der Waals surface area contributed by atoms with Crippen molar-refractivity contribution in [2.75, 3.05) is 6.61 Å². The third-order valence-electron chi connectivity index (χ3n) is 3.66. The van der Waals surface area contributed by atoms with Gasteiger partial charge in [0.15, 0.2) is 0 Å². The molecule has 0 bridgehead atoms. The Bertz CT molecular complexity index is 431. The second-order valence-electron chi connectivity index (χ2n) is 5.04. The van der Waals surface area contributed by atoms with Gasteiger partial charge in [0.25, 0.3) is 0 Å². The van der Waals surface area contributed by atoms with Crippen molar-refractivity contribution in [2.24, 2.45) is 11.7 Å². The van der Waals surface area contributed by atoms with E-state index in [1.54, 1.807) is 0 Å². The van der Waals surface area contributed by atoms with Gasteiger partial charge in [0, 0.05) is 5.92 Å². The summed E-state index contributed by atoms with van der Waals surface area (Å²) in [5.74, 6) is 1.51. The molecule has 0 radical (unpaired) electrons. The molecule has 3 heteroatoms. The third kappa shape index (κ3) is 4.20. The SMILES string of the molecule is CCCOc1ccc(C(C)C(C)C(N)=S)c(CC)c1. The molecule has 2 atom stereocenters. The van der Waals surface area contributed by atoms with Crippen molar-refractivity contribution in [3.05, 3.63) is 29.3 Å². The Labute approximate surface area is 122 Å². The summed E-state index contributed by atoms with van der Waals surface area (Å²) in [5.41, 5.74) is 8.42. The molecule has 2 nitrogen and oxygen atoms in total. The number of hydrogen-bond acceptors (Lipinski definition) is 2. The molecular weight excluding hydrogens is 254 g/mol. The highest BCUT2D eigenvalue weighted by Gasteiger charge is 2.19. The molecule has 0 heterocycles. The van der Waals surface area contributed by atoms with E-state index in [0.717, 1.165) is 25.2 Å². The van der Waals surface area contributed by atoms with E-state index in [1.165, 1.54) is 11.1 Å². The lowest BCUT2D eigenvalue weighted by molar-refractivity contribution is 0.317. The molecular formula is C16H25NOS. The molecule has 2 unspecified atom stereocenters. The topological polar surface area (TPSA) is 35.2 Å². The molecule has 1 aromatic carbocycles. The minimum Gasteiger partial charge on any atom is -0.494 e. The molecule has 1 aromatic rings. The second-order valence-corrected chi connectivity index (χ2v) is 5.51. The zero-order valence-electron chi connectivity index (χ0n) is 12.4. The number of hydrogen-bond donors (Lipinski definition) is 1. The fourth-order valence-electron chi connectivity index (χ4n) is 2.16. The average Bonchev–Trinajstić information content (AvgIpc) is 2.42. The van der Waals surface area contributed by atoms with Crippen molar-refractivity contribution in [1.29, 1.82) is 0 Å². The Hall–Kier alpha value is -1.09. The molecule has 0 saturated heterocycles. The van der Waals surface area contributed by atoms with Gasteiger partial charge in [-0.15, -0.1) is 0 Å². The summed E-state index contributed by atoms with van der Waals surface area (Å²) in [6, 6.07) is 6.35. The Morgan fingerprint density at radius 1 is 1.32 bits per heavy atom. The first-order valence-electron chi connectivity index (χ1n) is 7.06. The average molecular weight is 279 g/mol. The Balaban J connectivity index is 2.98. The first kappa shape index (κ1) is 16.0. The third-order valence-corrected chi connectivity index (χ3v) is 4.03. The predicted octanol–water partition coefficient (Wildman–Crippen LogP) is 4.06. The van der Waals surface area contributed by atoms with Crippen LogP contribution in [0.2, 0.25) is 0 Å². The number of nitrogens with two attached hydrogens (primary N) is 1. The second kappa shape index (κ2) is 7.49. The molecule has 106 valence electrons. The summed E-state index contributed by atoms with van der Waals surface area (Å²) in [6.07, 6.45) is 2.02. The number of aryl methyl sites for hydroxylation is 1. The summed E-state index contributed by atoms with van der Waals surface area (Å²) >= 11 is 5.11. The van der Waals surface area contributed by atoms with E-state index in [9.17, 15) is 0 Å². The van der Waals surface area contributed by atoms with Crippen molar-refractivity contribution in [2.45, 2.75) is 46.5 Å². The smallest absolute Gasteiger partial charge is 0.119 e. The highest BCUT2D eigenvalue weighted by Crippen LogP contribution is 2.30. The number of ether oxygens (including phenoxy) is 1. The first-order chi connectivity index (χ1) is 9.01. The van der Waals surface area contributed by atoms with Crippen LogP contribution in [-0.4, -0.2) is 11.6 Å². The zero-order valence-corrected chi connectivity index (χ0v) is 13.2. The van der Waals surface area contributed by atoms with Gasteiger partial charge in [-0.1, -0.05) is 46.0 Å². The van der Waals surface area contributed by atoms with Crippen LogP contribution < -0.4 is 10.5 Å². The van der Waals surface area contributed by atoms with Crippen LogP contribution in [-0.2, 0) is 6.42 Å². The lowest BCUT2D eigenvalue weighted by Crippen LogP contribution is -2.23. The Morgan fingerprint density at radius 2 is 2.00 bits per heavy atom. The van der Waals surface area contributed by atoms with E-state index in [0.29, 0.717) is 10.9 Å². The fraction of sp³-hybridized carbons (Fsp3) is 0.562. The zero-order chi connectivity index (χ0) is 14.4. The van der Waals surface area contributed by atoms with E-state index in [1.807, 2.05) is 6.07 Å². The van der Waals surface area contributed by atoms with Crippen LogP contribution in [0.5, 0.6) is 5.75 Å². The Morgan fingerprint density at radius 3 is 2.53 bits per heavy atom. The largest absolute Gasteiger partial charge is 0.494 e. The Kier molecular flexibility index (Phi) is 6.29. The lowest BCUT2D eigenvalue weighted by atomic mass is 9.85. The summed E-state index contributed by atoms with van der Waals surface area (Å²) in [5, 5.41) is 0. The fourth-order valence-corrected chi connectivity index (χ4v) is 2.36. The van der Waals surface area contributed by atoms with Crippen LogP contribution >= 0.6 is 12.2 Å². The standard InChI is InChI=1S/C16H25NOS/c1-5-9-18-14-7-8-15(13(6-2)10-14)11(3)12(4)16(17)19/h7-8,10-12H,5-6,9H2,1-4H3,(H2,17,19). The van der Waals surface area contributed by atoms with Crippen LogP contribution in [0, 0.1) is 5.92 Å². The molecule has 19 heavy (non-hydrogen) atoms. The van der Waals surface area contributed by atoms with E-state index < -0.39 is 0 Å². The highest BCUT2D eigenvalue weighted by atomic mass is 32.1. The van der Waals surface area contributed by atoms with Gasteiger partial charge in [0.1, 0.15) is 5.75 Å². The van der Waals surface area contributed by atoms with Crippen LogP contribution in [0.25, 0.3) is 0 Å². The number of rotatable bonds is 7. The normalized spacial score (nSPS) is 13.9. The summed E-state index contributed by atoms with van der Waals surface area (Å²) in [4.78, 5) is 0.584. The quantitative estimate of drug-likeness (QED) is 0.764. The van der Waals surface area contributed by atoms with Gasteiger partial charge in [0.2, 0.25) is 0 Å². The molecule has 0 amide bonds. The van der Waals surface area contributed by atoms with Gasteiger partial charge < -0.3 is 10.5 Å². The van der Waals surface area contributed by atoms with Crippen LogP contribution in [0.4, 0.5) is 0 Å². The molecule has 0 spiro atoms. The van der Waals surface area contributed by atoms with Crippen LogP contribution in [0.3, 0.4) is 0 Å². The number of thiocarbonyl (C=S) groups is 1. The lowest BCUT2D eigenvalue weighted by Gasteiger charge is -2.22. The molecule has 0 aliphatic heterocycles. The van der Waals surface area contributed by atoms with E-state index in [2.05, 4.69) is 39.8 Å². The van der Waals surface area contributed by atoms with Crippen LogP contribution in [0.1, 0.15) is 51.2 Å². The van der Waals surface area contributed by atoms with Gasteiger partial charge in [-0.3, -0.25) is 0 Å². The van der Waals surface area contributed by atoms with Crippen molar-refractivity contribution in [1.82, 2.24) is 0 Å². The summed E-state index contributed by atoms with van der Waals surface area (Å²) < 4.78 is 5.69. The molecule has 1 rings (SSSR count). The molecule has 0 fully saturated rings. The first-order valence-corrected chi connectivity index (χ1v) is 7.47. The molecule has 0 aromatic heterocycles. The van der Waals surface area contributed by atoms with Crippen molar-refractivity contribution in [3.8, 4) is 5.75 Å². The van der Waals surface area contributed by atoms with Crippen molar-refractivity contribution >= 4 is 17.2 Å². The van der Waals surface area contributed by atoms with Crippen molar-refractivity contribution in [3.63, 3.8) is 0 Å². The maximum Gasteiger partial charge on any atom is 0.119 e. The number of benzene rings is 1. The summed E-state index contributed by atoms with van der Waals surface area (Å²) in [7, 11) is 0. The monoisotopic (exact) mass is 279 g/mol. The highest BCUT2D eigenvalue weighted by molar-refractivity contribution is 7.80. The molecule has 0 aliphatic carbocycles. The van der Waals surface area contributed by atoms with E-state index >= 15 is 0 Å². The van der Waals surface area contributed by atoms with E-state index in [4.69, 9.17) is 22.7 Å². The molecule has 0 aliphatic rings. The van der Waals surface area contributed by atoms with Gasteiger partial charge in [-0.05, 0) is 42.0 Å². The van der Waals surface area contributed by atoms with Gasteiger partial charge in [-0.25, -0.2) is 0 Å². The van der Waals surface area contributed by atoms with Crippen LogP contribution in [0.15, 0.2) is 18.2 Å². The maximum atomic E-state index is 5.77. The molecule has 0 saturated carbocycles. The van der Waals surface area contributed by atoms with Gasteiger partial charge in [0.05, 0.1) is 11.6 Å².